The molecule has 5 heteroatoms. The molecule has 0 unspecified atom stereocenters. The Labute approximate surface area is 111 Å². The van der Waals surface area contributed by atoms with Crippen molar-refractivity contribution in [3.05, 3.63) is 53.3 Å². The van der Waals surface area contributed by atoms with Crippen LogP contribution in [0, 0.1) is 0 Å². The van der Waals surface area contributed by atoms with Gasteiger partial charge < -0.3 is 4.65 Å². The highest BCUT2D eigenvalue weighted by atomic mass is 16.4. The van der Waals surface area contributed by atoms with Crippen LogP contribution in [0.25, 0.3) is 0 Å². The predicted molar refractivity (Wildman–Crippen MR) is 72.5 cm³/mol. The van der Waals surface area contributed by atoms with Crippen molar-refractivity contribution < 1.29 is 9.45 Å². The number of rotatable bonds is 3. The van der Waals surface area contributed by atoms with Crippen LogP contribution in [0.3, 0.4) is 0 Å². The molecule has 0 saturated heterocycles. The van der Waals surface area contributed by atoms with E-state index >= 15 is 0 Å². The van der Waals surface area contributed by atoms with Gasteiger partial charge in [0.05, 0.1) is 6.61 Å². The largest absolute Gasteiger partial charge is 0.427 e. The quantitative estimate of drug-likeness (QED) is 0.609. The van der Waals surface area contributed by atoms with Crippen molar-refractivity contribution in [3.63, 3.8) is 0 Å². The molecular formula is C14H13BN2O2. The Kier molecular flexibility index (Phi) is 3.13. The van der Waals surface area contributed by atoms with Crippen LogP contribution >= 0.6 is 0 Å². The molecule has 19 heavy (non-hydrogen) atoms. The van der Waals surface area contributed by atoms with Gasteiger partial charge in [-0.15, -0.1) is 5.10 Å². The molecule has 0 N–H and O–H groups in total. The van der Waals surface area contributed by atoms with E-state index in [9.17, 15) is 4.79 Å². The number of benzene rings is 1. The summed E-state index contributed by atoms with van der Waals surface area (Å²) >= 11 is 0. The number of nitrogens with zero attached hydrogens (tertiary/aromatic N) is 2. The van der Waals surface area contributed by atoms with Crippen molar-refractivity contribution in [1.29, 1.82) is 0 Å². The van der Waals surface area contributed by atoms with E-state index in [1.54, 1.807) is 18.3 Å². The highest BCUT2D eigenvalue weighted by Crippen LogP contribution is 2.13. The van der Waals surface area contributed by atoms with Crippen LogP contribution in [0.4, 0.5) is 0 Å². The number of hydrogen-bond acceptors (Lipinski definition) is 4. The van der Waals surface area contributed by atoms with Gasteiger partial charge in [0.15, 0.2) is 5.78 Å². The van der Waals surface area contributed by atoms with Crippen molar-refractivity contribution in [2.24, 2.45) is 0 Å². The van der Waals surface area contributed by atoms with Gasteiger partial charge in [-0.2, -0.15) is 5.10 Å². The van der Waals surface area contributed by atoms with E-state index in [0.29, 0.717) is 18.7 Å². The van der Waals surface area contributed by atoms with Crippen LogP contribution in [0.1, 0.15) is 21.6 Å². The SMILES string of the molecule is CB1OCc2ccc(CC(=O)c3cccnn3)cc21. The van der Waals surface area contributed by atoms with Crippen LogP contribution in [-0.4, -0.2) is 22.9 Å². The Morgan fingerprint density at radius 1 is 1.42 bits per heavy atom. The summed E-state index contributed by atoms with van der Waals surface area (Å²) in [5, 5.41) is 7.56. The molecule has 2 heterocycles. The normalized spacial score (nSPS) is 13.4. The average Bonchev–Trinajstić information content (AvgIpc) is 2.81. The molecular weight excluding hydrogens is 239 g/mol. The van der Waals surface area contributed by atoms with E-state index in [2.05, 4.69) is 16.3 Å². The van der Waals surface area contributed by atoms with E-state index in [0.717, 1.165) is 5.56 Å². The molecule has 2 aromatic rings. The maximum atomic E-state index is 12.1. The van der Waals surface area contributed by atoms with Crippen molar-refractivity contribution in [2.75, 3.05) is 0 Å². The lowest BCUT2D eigenvalue weighted by Crippen LogP contribution is -2.24. The van der Waals surface area contributed by atoms with Crippen LogP contribution in [0.15, 0.2) is 36.5 Å². The molecule has 0 amide bonds. The van der Waals surface area contributed by atoms with Gasteiger partial charge in [-0.3, -0.25) is 4.79 Å². The first kappa shape index (κ1) is 12.1. The second-order valence-corrected chi connectivity index (χ2v) is 4.70. The topological polar surface area (TPSA) is 52.1 Å². The third kappa shape index (κ3) is 2.42. The summed E-state index contributed by atoms with van der Waals surface area (Å²) < 4.78 is 5.56. The first-order chi connectivity index (χ1) is 9.24. The second-order valence-electron chi connectivity index (χ2n) is 4.70. The number of aromatic nitrogens is 2. The zero-order valence-electron chi connectivity index (χ0n) is 10.7. The number of fused-ring (bicyclic) bond motifs is 1. The molecule has 0 radical (unpaired) electrons. The third-order valence-electron chi connectivity index (χ3n) is 3.36. The van der Waals surface area contributed by atoms with E-state index in [1.807, 2.05) is 19.0 Å². The van der Waals surface area contributed by atoms with Crippen LogP contribution < -0.4 is 5.46 Å². The lowest BCUT2D eigenvalue weighted by Gasteiger charge is -2.04. The number of hydrogen-bond donors (Lipinski definition) is 0. The molecule has 94 valence electrons. The van der Waals surface area contributed by atoms with Gasteiger partial charge in [-0.05, 0) is 28.7 Å². The Morgan fingerprint density at radius 3 is 3.11 bits per heavy atom. The lowest BCUT2D eigenvalue weighted by atomic mass is 9.64. The summed E-state index contributed by atoms with van der Waals surface area (Å²) in [5.74, 6) is -0.0142. The van der Waals surface area contributed by atoms with Gasteiger partial charge in [0.25, 0.3) is 0 Å². The van der Waals surface area contributed by atoms with Gasteiger partial charge in [-0.1, -0.05) is 25.0 Å². The van der Waals surface area contributed by atoms with Gasteiger partial charge in [-0.25, -0.2) is 0 Å². The fourth-order valence-corrected chi connectivity index (χ4v) is 2.30. The maximum Gasteiger partial charge on any atom is 0.324 e. The van der Waals surface area contributed by atoms with Gasteiger partial charge in [0.1, 0.15) is 5.69 Å². The molecule has 0 aliphatic carbocycles. The Hall–Kier alpha value is -2.01. The summed E-state index contributed by atoms with van der Waals surface area (Å²) in [6.45, 7) is 2.80. The van der Waals surface area contributed by atoms with Crippen molar-refractivity contribution in [1.82, 2.24) is 10.2 Å². The first-order valence-electron chi connectivity index (χ1n) is 6.28. The standard InChI is InChI=1S/C14H13BN2O2/c1-15-12-7-10(4-5-11(12)9-19-15)8-14(18)13-3-2-6-16-17-13/h2-7H,8-9H2,1H3. The minimum Gasteiger partial charge on any atom is -0.427 e. The van der Waals surface area contributed by atoms with Crippen molar-refractivity contribution >= 4 is 18.2 Å². The second kappa shape index (κ2) is 4.94. The highest BCUT2D eigenvalue weighted by molar-refractivity contribution is 6.67. The van der Waals surface area contributed by atoms with E-state index in [-0.39, 0.29) is 12.7 Å². The average molecular weight is 252 g/mol. The van der Waals surface area contributed by atoms with Crippen molar-refractivity contribution in [2.45, 2.75) is 19.9 Å². The fraction of sp³-hybridized carbons (Fsp3) is 0.214. The fourth-order valence-electron chi connectivity index (χ4n) is 2.30. The number of ketones is 1. The van der Waals surface area contributed by atoms with E-state index in [1.165, 1.54) is 11.0 Å². The van der Waals surface area contributed by atoms with E-state index < -0.39 is 0 Å². The molecule has 0 atom stereocenters. The summed E-state index contributed by atoms with van der Waals surface area (Å²) in [4.78, 5) is 12.1. The minimum absolute atomic E-state index is 0.0142. The molecule has 3 rings (SSSR count). The molecule has 1 aromatic carbocycles. The first-order valence-corrected chi connectivity index (χ1v) is 6.28. The van der Waals surface area contributed by atoms with Crippen LogP contribution in [0.2, 0.25) is 6.82 Å². The zero-order valence-corrected chi connectivity index (χ0v) is 10.7. The van der Waals surface area contributed by atoms with Crippen LogP contribution in [0.5, 0.6) is 0 Å². The van der Waals surface area contributed by atoms with Crippen LogP contribution in [-0.2, 0) is 17.7 Å². The minimum atomic E-state index is -0.0142. The van der Waals surface area contributed by atoms with E-state index in [4.69, 9.17) is 4.65 Å². The molecule has 1 aromatic heterocycles. The smallest absolute Gasteiger partial charge is 0.324 e. The molecule has 1 aliphatic rings. The highest BCUT2D eigenvalue weighted by Gasteiger charge is 2.23. The summed E-state index contributed by atoms with van der Waals surface area (Å²) in [6, 6.07) is 9.49. The Morgan fingerprint density at radius 2 is 2.32 bits per heavy atom. The number of carbonyl (C=O) groups is 1. The number of Topliss-reactive ketones (excluding diaryl/α,β-unsaturated/α-hetero) is 1. The zero-order chi connectivity index (χ0) is 13.2. The summed E-state index contributed by atoms with van der Waals surface area (Å²) in [5.41, 5.74) is 3.80. The molecule has 0 bridgehead atoms. The molecule has 0 fully saturated rings. The van der Waals surface area contributed by atoms with Gasteiger partial charge in [0.2, 0.25) is 0 Å². The molecule has 4 nitrogen and oxygen atoms in total. The molecule has 0 spiro atoms. The van der Waals surface area contributed by atoms with Gasteiger partial charge >= 0.3 is 6.92 Å². The lowest BCUT2D eigenvalue weighted by molar-refractivity contribution is 0.0987. The molecule has 1 aliphatic heterocycles. The Bertz CT molecular complexity index is 616. The maximum absolute atomic E-state index is 12.1. The third-order valence-corrected chi connectivity index (χ3v) is 3.36. The summed E-state index contributed by atoms with van der Waals surface area (Å²) in [6.07, 6.45) is 1.91. The molecule has 0 saturated carbocycles. The van der Waals surface area contributed by atoms with Gasteiger partial charge in [0, 0.05) is 12.6 Å². The Balaban J connectivity index is 1.81. The number of carbonyl (C=O) groups excluding carboxylic acids is 1. The monoisotopic (exact) mass is 252 g/mol. The van der Waals surface area contributed by atoms with Crippen molar-refractivity contribution in [3.8, 4) is 0 Å². The predicted octanol–water partition coefficient (Wildman–Crippen LogP) is 1.26. The summed E-state index contributed by atoms with van der Waals surface area (Å²) in [7, 11) is 0.